The van der Waals surface area contributed by atoms with Crippen LogP contribution in [0.4, 0.5) is 0 Å². The second kappa shape index (κ2) is 11.8. The van der Waals surface area contributed by atoms with Gasteiger partial charge in [0.2, 0.25) is 5.91 Å². The molecule has 2 unspecified atom stereocenters. The number of carbonyl (C=O) groups excluding carboxylic acids is 1. The van der Waals surface area contributed by atoms with E-state index in [0.29, 0.717) is 18.5 Å². The predicted octanol–water partition coefficient (Wildman–Crippen LogP) is 3.39. The number of benzene rings is 1. The summed E-state index contributed by atoms with van der Waals surface area (Å²) in [5, 5.41) is 6.65. The molecular formula is C20H33Cl2N3O. The van der Waals surface area contributed by atoms with Gasteiger partial charge in [0.05, 0.1) is 0 Å². The Morgan fingerprint density at radius 2 is 1.88 bits per heavy atom. The average molecular weight is 402 g/mol. The predicted molar refractivity (Wildman–Crippen MR) is 112 cm³/mol. The number of halogens is 2. The number of hydrogen-bond acceptors (Lipinski definition) is 3. The molecule has 3 rings (SSSR count). The van der Waals surface area contributed by atoms with E-state index in [1.54, 1.807) is 0 Å². The van der Waals surface area contributed by atoms with E-state index in [0.717, 1.165) is 44.9 Å². The number of rotatable bonds is 6. The number of nitrogens with zero attached hydrogens (tertiary/aromatic N) is 1. The second-order valence-electron chi connectivity index (χ2n) is 7.50. The maximum absolute atomic E-state index is 12.3. The highest BCUT2D eigenvalue weighted by atomic mass is 35.5. The van der Waals surface area contributed by atoms with Gasteiger partial charge in [-0.3, -0.25) is 9.69 Å². The van der Waals surface area contributed by atoms with E-state index < -0.39 is 0 Å². The van der Waals surface area contributed by atoms with E-state index in [2.05, 4.69) is 52.8 Å². The molecule has 26 heavy (non-hydrogen) atoms. The summed E-state index contributed by atoms with van der Waals surface area (Å²) < 4.78 is 0. The van der Waals surface area contributed by atoms with Crippen molar-refractivity contribution in [1.29, 1.82) is 0 Å². The second-order valence-corrected chi connectivity index (χ2v) is 7.50. The molecule has 2 atom stereocenters. The van der Waals surface area contributed by atoms with Crippen molar-refractivity contribution in [3.8, 4) is 0 Å². The molecule has 0 saturated carbocycles. The van der Waals surface area contributed by atoms with Crippen LogP contribution in [0.2, 0.25) is 0 Å². The number of amides is 1. The minimum atomic E-state index is 0. The Balaban J connectivity index is 0.00000169. The maximum Gasteiger partial charge on any atom is 0.220 e. The summed E-state index contributed by atoms with van der Waals surface area (Å²) in [6, 6.07) is 11.4. The Labute approximate surface area is 170 Å². The Bertz CT molecular complexity index is 523. The highest BCUT2D eigenvalue weighted by Gasteiger charge is 2.29. The fourth-order valence-corrected chi connectivity index (χ4v) is 4.05. The third kappa shape index (κ3) is 7.07. The van der Waals surface area contributed by atoms with Gasteiger partial charge in [-0.2, -0.15) is 0 Å². The Hall–Kier alpha value is -0.810. The molecule has 2 aliphatic heterocycles. The lowest BCUT2D eigenvalue weighted by atomic mass is 9.93. The lowest BCUT2D eigenvalue weighted by molar-refractivity contribution is -0.122. The van der Waals surface area contributed by atoms with Crippen molar-refractivity contribution in [2.45, 2.75) is 57.7 Å². The number of carbonyl (C=O) groups is 1. The Morgan fingerprint density at radius 1 is 1.19 bits per heavy atom. The molecule has 0 aromatic heterocycles. The van der Waals surface area contributed by atoms with Crippen LogP contribution in [0.15, 0.2) is 30.3 Å². The largest absolute Gasteiger partial charge is 0.352 e. The van der Waals surface area contributed by atoms with Crippen molar-refractivity contribution in [2.24, 2.45) is 5.92 Å². The molecule has 2 aliphatic rings. The van der Waals surface area contributed by atoms with E-state index in [1.807, 2.05) is 0 Å². The highest BCUT2D eigenvalue weighted by molar-refractivity contribution is 5.85. The van der Waals surface area contributed by atoms with Crippen LogP contribution in [-0.4, -0.2) is 42.5 Å². The lowest BCUT2D eigenvalue weighted by Crippen LogP contribution is -2.37. The lowest BCUT2D eigenvalue weighted by Gasteiger charge is -2.22. The van der Waals surface area contributed by atoms with Crippen molar-refractivity contribution in [3.05, 3.63) is 35.9 Å². The van der Waals surface area contributed by atoms with Crippen molar-refractivity contribution in [1.82, 2.24) is 15.5 Å². The fraction of sp³-hybridized carbons (Fsp3) is 0.650. The van der Waals surface area contributed by atoms with Crippen LogP contribution in [0, 0.1) is 5.92 Å². The molecule has 1 aromatic rings. The van der Waals surface area contributed by atoms with Crippen LogP contribution in [-0.2, 0) is 11.3 Å². The summed E-state index contributed by atoms with van der Waals surface area (Å²) in [5.74, 6) is 0.973. The number of likely N-dealkylation sites (tertiary alicyclic amines) is 1. The summed E-state index contributed by atoms with van der Waals surface area (Å²) in [5.41, 5.74) is 1.35. The molecule has 0 radical (unpaired) electrons. The number of nitrogens with one attached hydrogen (secondary N) is 2. The zero-order valence-corrected chi connectivity index (χ0v) is 17.3. The molecular weight excluding hydrogens is 369 g/mol. The van der Waals surface area contributed by atoms with Crippen LogP contribution < -0.4 is 10.6 Å². The Kier molecular flexibility index (Phi) is 10.6. The zero-order valence-electron chi connectivity index (χ0n) is 15.7. The van der Waals surface area contributed by atoms with Gasteiger partial charge in [0.15, 0.2) is 0 Å². The maximum atomic E-state index is 12.3. The van der Waals surface area contributed by atoms with E-state index in [-0.39, 0.29) is 30.7 Å². The van der Waals surface area contributed by atoms with Gasteiger partial charge >= 0.3 is 0 Å². The molecule has 2 fully saturated rings. The van der Waals surface area contributed by atoms with Crippen molar-refractivity contribution in [3.63, 3.8) is 0 Å². The van der Waals surface area contributed by atoms with Crippen LogP contribution in [0.25, 0.3) is 0 Å². The number of piperidine rings is 1. The third-order valence-electron chi connectivity index (χ3n) is 5.54. The van der Waals surface area contributed by atoms with Gasteiger partial charge in [-0.1, -0.05) is 30.3 Å². The smallest absolute Gasteiger partial charge is 0.220 e. The topological polar surface area (TPSA) is 44.4 Å². The summed E-state index contributed by atoms with van der Waals surface area (Å²) in [7, 11) is 0. The quantitative estimate of drug-likeness (QED) is 0.767. The molecule has 4 nitrogen and oxygen atoms in total. The first-order chi connectivity index (χ1) is 11.7. The third-order valence-corrected chi connectivity index (χ3v) is 5.54. The van der Waals surface area contributed by atoms with Gasteiger partial charge in [0, 0.05) is 31.6 Å². The number of hydrogen-bond donors (Lipinski definition) is 2. The van der Waals surface area contributed by atoms with E-state index in [9.17, 15) is 4.79 Å². The van der Waals surface area contributed by atoms with Crippen LogP contribution in [0.5, 0.6) is 0 Å². The Morgan fingerprint density at radius 3 is 2.58 bits per heavy atom. The van der Waals surface area contributed by atoms with Gasteiger partial charge in [0.1, 0.15) is 0 Å². The van der Waals surface area contributed by atoms with Crippen LogP contribution in [0.3, 0.4) is 0 Å². The molecule has 148 valence electrons. The summed E-state index contributed by atoms with van der Waals surface area (Å²) in [6.45, 7) is 6.43. The van der Waals surface area contributed by atoms with Gasteiger partial charge in [-0.05, 0) is 57.2 Å². The molecule has 2 saturated heterocycles. The standard InChI is InChI=1S/C20H31N3O.2ClH/c1-16-13-19(15-23(16)14-18-5-3-2-4-6-18)22-20(24)8-7-17-9-11-21-12-10-17;;/h2-6,16-17,19,21H,7-15H2,1H3,(H,22,24);2*1H. The minimum absolute atomic E-state index is 0. The van der Waals surface area contributed by atoms with Gasteiger partial charge < -0.3 is 10.6 Å². The van der Waals surface area contributed by atoms with Crippen molar-refractivity contribution in [2.75, 3.05) is 19.6 Å². The first-order valence-electron chi connectivity index (χ1n) is 9.49. The summed E-state index contributed by atoms with van der Waals surface area (Å²) in [4.78, 5) is 14.7. The van der Waals surface area contributed by atoms with E-state index in [4.69, 9.17) is 0 Å². The minimum Gasteiger partial charge on any atom is -0.352 e. The van der Waals surface area contributed by atoms with Crippen LogP contribution in [0.1, 0.15) is 44.6 Å². The highest BCUT2D eigenvalue weighted by Crippen LogP contribution is 2.21. The van der Waals surface area contributed by atoms with Crippen LogP contribution >= 0.6 is 24.8 Å². The fourth-order valence-electron chi connectivity index (χ4n) is 4.05. The molecule has 1 amide bonds. The first kappa shape index (κ1) is 23.2. The van der Waals surface area contributed by atoms with Gasteiger partial charge in [-0.25, -0.2) is 0 Å². The summed E-state index contributed by atoms with van der Waals surface area (Å²) in [6.07, 6.45) is 5.24. The molecule has 6 heteroatoms. The molecule has 2 heterocycles. The SMILES string of the molecule is CC1CC(NC(=O)CCC2CCNCC2)CN1Cc1ccccc1.Cl.Cl. The van der Waals surface area contributed by atoms with E-state index in [1.165, 1.54) is 18.4 Å². The normalized spacial score (nSPS) is 23.7. The van der Waals surface area contributed by atoms with E-state index >= 15 is 0 Å². The first-order valence-corrected chi connectivity index (χ1v) is 9.49. The van der Waals surface area contributed by atoms with Crippen molar-refractivity contribution >= 4 is 30.7 Å². The van der Waals surface area contributed by atoms with Gasteiger partial charge in [-0.15, -0.1) is 24.8 Å². The average Bonchev–Trinajstić information content (AvgIpc) is 2.94. The van der Waals surface area contributed by atoms with Gasteiger partial charge in [0.25, 0.3) is 0 Å². The molecule has 0 aliphatic carbocycles. The van der Waals surface area contributed by atoms with Crippen molar-refractivity contribution < 1.29 is 4.79 Å². The zero-order chi connectivity index (χ0) is 16.8. The molecule has 2 N–H and O–H groups in total. The molecule has 0 spiro atoms. The summed E-state index contributed by atoms with van der Waals surface area (Å²) >= 11 is 0. The monoisotopic (exact) mass is 401 g/mol. The molecule has 1 aromatic carbocycles. The molecule has 0 bridgehead atoms.